The van der Waals surface area contributed by atoms with Gasteiger partial charge in [0, 0.05) is 38.0 Å². The van der Waals surface area contributed by atoms with Crippen LogP contribution in [0, 0.1) is 5.41 Å². The molecule has 134 valence electrons. The molecule has 0 aliphatic carbocycles. The molecule has 0 spiro atoms. The van der Waals surface area contributed by atoms with Crippen LogP contribution in [-0.2, 0) is 14.8 Å². The highest BCUT2D eigenvalue weighted by atomic mass is 32.2. The Hall–Kier alpha value is -1.45. The molecule has 0 bridgehead atoms. The van der Waals surface area contributed by atoms with Crippen LogP contribution in [-0.4, -0.2) is 60.8 Å². The summed E-state index contributed by atoms with van der Waals surface area (Å²) >= 11 is 0.902. The third-order valence-corrected chi connectivity index (χ3v) is 7.00. The molecule has 2 heterocycles. The second kappa shape index (κ2) is 6.81. The molecule has 1 N–H and O–H groups in total. The van der Waals surface area contributed by atoms with E-state index in [2.05, 4.69) is 0 Å². The summed E-state index contributed by atoms with van der Waals surface area (Å²) in [5.41, 5.74) is -0.137. The monoisotopic (exact) mass is 374 g/mol. The van der Waals surface area contributed by atoms with Crippen LogP contribution >= 0.6 is 11.3 Å². The maximum absolute atomic E-state index is 12.6. The lowest BCUT2D eigenvalue weighted by Gasteiger charge is -2.35. The first-order valence-corrected chi connectivity index (χ1v) is 9.92. The molecule has 0 radical (unpaired) electrons. The number of thiophene rings is 1. The van der Waals surface area contributed by atoms with Crippen LogP contribution in [0.5, 0.6) is 0 Å². The summed E-state index contributed by atoms with van der Waals surface area (Å²) in [6.07, 6.45) is 0.423. The number of hydrogen-bond acceptors (Lipinski definition) is 5. The van der Waals surface area contributed by atoms with E-state index in [4.69, 9.17) is 5.11 Å². The molecule has 1 aliphatic heterocycles. The highest BCUT2D eigenvalue weighted by molar-refractivity contribution is 7.91. The fourth-order valence-corrected chi connectivity index (χ4v) is 5.16. The summed E-state index contributed by atoms with van der Waals surface area (Å²) in [5.74, 6) is -1.12. The van der Waals surface area contributed by atoms with Gasteiger partial charge in [-0.3, -0.25) is 4.79 Å². The maximum atomic E-state index is 12.6. The van der Waals surface area contributed by atoms with Crippen molar-refractivity contribution < 1.29 is 23.1 Å². The van der Waals surface area contributed by atoms with Crippen LogP contribution in [0.15, 0.2) is 15.7 Å². The van der Waals surface area contributed by atoms with E-state index < -0.39 is 16.0 Å². The fraction of sp³-hybridized carbons (Fsp3) is 0.600. The third-order valence-electron chi connectivity index (χ3n) is 3.69. The number of carbonyl (C=O) groups is 2. The van der Waals surface area contributed by atoms with Gasteiger partial charge in [-0.1, -0.05) is 20.8 Å². The van der Waals surface area contributed by atoms with E-state index in [9.17, 15) is 18.0 Å². The Morgan fingerprint density at radius 3 is 2.25 bits per heavy atom. The first-order valence-electron chi connectivity index (χ1n) is 7.60. The van der Waals surface area contributed by atoms with Crippen molar-refractivity contribution in [2.45, 2.75) is 31.4 Å². The molecule has 0 aromatic carbocycles. The van der Waals surface area contributed by atoms with E-state index in [1.807, 2.05) is 20.8 Å². The van der Waals surface area contributed by atoms with E-state index in [1.165, 1.54) is 15.8 Å². The molecule has 1 amide bonds. The van der Waals surface area contributed by atoms with Gasteiger partial charge >= 0.3 is 5.97 Å². The van der Waals surface area contributed by atoms with E-state index in [0.29, 0.717) is 19.5 Å². The van der Waals surface area contributed by atoms with Crippen molar-refractivity contribution in [2.24, 2.45) is 5.41 Å². The van der Waals surface area contributed by atoms with E-state index in [-0.39, 0.29) is 34.2 Å². The minimum atomic E-state index is -3.71. The molecule has 24 heavy (non-hydrogen) atoms. The first-order chi connectivity index (χ1) is 11.0. The van der Waals surface area contributed by atoms with Crippen LogP contribution in [0.4, 0.5) is 0 Å². The Balaban J connectivity index is 2.02. The second-order valence-electron chi connectivity index (χ2n) is 6.98. The number of hydrogen-bond donors (Lipinski definition) is 1. The van der Waals surface area contributed by atoms with Gasteiger partial charge in [-0.05, 0) is 11.5 Å². The summed E-state index contributed by atoms with van der Waals surface area (Å²) < 4.78 is 26.5. The van der Waals surface area contributed by atoms with E-state index in [1.54, 1.807) is 4.90 Å². The summed E-state index contributed by atoms with van der Waals surface area (Å²) in [6.45, 7) is 7.11. The van der Waals surface area contributed by atoms with Crippen molar-refractivity contribution >= 4 is 33.2 Å². The average molecular weight is 374 g/mol. The molecule has 0 saturated carbocycles. The standard InChI is InChI=1S/C15H22N2O5S2/c1-15(2,3)9-12(18)16-4-6-17(7-5-16)24(21,22)13-8-11(10-23-13)14(19)20/h8,10H,4-7,9H2,1-3H3,(H,19,20). The van der Waals surface area contributed by atoms with Crippen LogP contribution in [0.25, 0.3) is 0 Å². The van der Waals surface area contributed by atoms with Gasteiger partial charge in [0.15, 0.2) is 0 Å². The largest absolute Gasteiger partial charge is 0.478 e. The molecule has 0 atom stereocenters. The number of piperazine rings is 1. The van der Waals surface area contributed by atoms with Crippen molar-refractivity contribution in [1.82, 2.24) is 9.21 Å². The quantitative estimate of drug-likeness (QED) is 0.866. The summed E-state index contributed by atoms with van der Waals surface area (Å²) in [6, 6.07) is 1.18. The summed E-state index contributed by atoms with van der Waals surface area (Å²) in [7, 11) is -3.71. The maximum Gasteiger partial charge on any atom is 0.336 e. The zero-order valence-corrected chi connectivity index (χ0v) is 15.6. The molecule has 2 rings (SSSR count). The Morgan fingerprint density at radius 2 is 1.79 bits per heavy atom. The lowest BCUT2D eigenvalue weighted by atomic mass is 9.91. The van der Waals surface area contributed by atoms with Gasteiger partial charge < -0.3 is 10.0 Å². The molecule has 9 heteroatoms. The number of aromatic carboxylic acids is 1. The average Bonchev–Trinajstić information content (AvgIpc) is 2.96. The van der Waals surface area contributed by atoms with Gasteiger partial charge in [-0.15, -0.1) is 11.3 Å². The minimum Gasteiger partial charge on any atom is -0.478 e. The Labute approximate surface area is 145 Å². The lowest BCUT2D eigenvalue weighted by molar-refractivity contribution is -0.134. The van der Waals surface area contributed by atoms with Crippen LogP contribution < -0.4 is 0 Å². The zero-order valence-electron chi connectivity index (χ0n) is 14.0. The molecule has 7 nitrogen and oxygen atoms in total. The molecule has 0 unspecified atom stereocenters. The SMILES string of the molecule is CC(C)(C)CC(=O)N1CCN(S(=O)(=O)c2cc(C(=O)O)cs2)CC1. The molecular weight excluding hydrogens is 352 g/mol. The van der Waals surface area contributed by atoms with Crippen molar-refractivity contribution in [2.75, 3.05) is 26.2 Å². The molecule has 1 saturated heterocycles. The zero-order chi connectivity index (χ0) is 18.1. The Bertz CT molecular complexity index is 725. The Morgan fingerprint density at radius 1 is 1.21 bits per heavy atom. The third kappa shape index (κ3) is 4.34. The van der Waals surface area contributed by atoms with Crippen molar-refractivity contribution in [1.29, 1.82) is 0 Å². The fourth-order valence-electron chi connectivity index (χ4n) is 2.43. The summed E-state index contributed by atoms with van der Waals surface area (Å²) in [4.78, 5) is 24.8. The van der Waals surface area contributed by atoms with Gasteiger partial charge in [-0.2, -0.15) is 4.31 Å². The number of carbonyl (C=O) groups excluding carboxylic acids is 1. The van der Waals surface area contributed by atoms with Crippen molar-refractivity contribution in [3.05, 3.63) is 17.0 Å². The van der Waals surface area contributed by atoms with Gasteiger partial charge in [0.05, 0.1) is 5.56 Å². The first kappa shape index (κ1) is 18.9. The number of nitrogens with zero attached hydrogens (tertiary/aromatic N) is 2. The number of rotatable bonds is 4. The number of carboxylic acid groups (broad SMARTS) is 1. The predicted octanol–water partition coefficient (Wildman–Crippen LogP) is 1.72. The highest BCUT2D eigenvalue weighted by Crippen LogP contribution is 2.26. The van der Waals surface area contributed by atoms with Crippen LogP contribution in [0.2, 0.25) is 0 Å². The highest BCUT2D eigenvalue weighted by Gasteiger charge is 2.32. The molecule has 1 fully saturated rings. The molecular formula is C15H22N2O5S2. The Kier molecular flexibility index (Phi) is 5.36. The predicted molar refractivity (Wildman–Crippen MR) is 90.7 cm³/mol. The van der Waals surface area contributed by atoms with Gasteiger partial charge in [0.2, 0.25) is 5.91 Å². The topological polar surface area (TPSA) is 95.0 Å². The minimum absolute atomic E-state index is 0.0226. The number of carboxylic acids is 1. The molecule has 1 aliphatic rings. The van der Waals surface area contributed by atoms with Gasteiger partial charge in [0.1, 0.15) is 4.21 Å². The van der Waals surface area contributed by atoms with Gasteiger partial charge in [0.25, 0.3) is 10.0 Å². The van der Waals surface area contributed by atoms with Crippen molar-refractivity contribution in [3.63, 3.8) is 0 Å². The molecule has 1 aromatic heterocycles. The van der Waals surface area contributed by atoms with Crippen LogP contribution in [0.1, 0.15) is 37.6 Å². The molecule has 1 aromatic rings. The number of sulfonamides is 1. The smallest absolute Gasteiger partial charge is 0.336 e. The normalized spacial score (nSPS) is 17.0. The van der Waals surface area contributed by atoms with E-state index >= 15 is 0 Å². The van der Waals surface area contributed by atoms with Gasteiger partial charge in [-0.25, -0.2) is 13.2 Å². The van der Waals surface area contributed by atoms with Crippen molar-refractivity contribution in [3.8, 4) is 0 Å². The summed E-state index contributed by atoms with van der Waals surface area (Å²) in [5, 5.41) is 10.2. The van der Waals surface area contributed by atoms with Crippen LogP contribution in [0.3, 0.4) is 0 Å². The lowest BCUT2D eigenvalue weighted by Crippen LogP contribution is -2.50. The van der Waals surface area contributed by atoms with E-state index in [0.717, 1.165) is 11.3 Å². The second-order valence-corrected chi connectivity index (χ2v) is 10.1. The number of amides is 1.